The summed E-state index contributed by atoms with van der Waals surface area (Å²) in [6.07, 6.45) is 6.96. The van der Waals surface area contributed by atoms with Crippen LogP contribution in [0.25, 0.3) is 0 Å². The van der Waals surface area contributed by atoms with Crippen LogP contribution in [0.1, 0.15) is 26.2 Å². The number of rotatable bonds is 3. The third-order valence-corrected chi connectivity index (χ3v) is 2.07. The summed E-state index contributed by atoms with van der Waals surface area (Å²) in [5.41, 5.74) is 0. The minimum absolute atomic E-state index is 0.866. The highest BCUT2D eigenvalue weighted by Crippen LogP contribution is 2.09. The van der Waals surface area contributed by atoms with Crippen LogP contribution >= 0.6 is 0 Å². The quantitative estimate of drug-likeness (QED) is 0.566. The minimum Gasteiger partial charge on any atom is -0.356 e. The second-order valence-electron chi connectivity index (χ2n) is 2.94. The molecule has 0 saturated carbocycles. The zero-order valence-corrected chi connectivity index (χ0v) is 6.32. The molecule has 1 saturated heterocycles. The molecular weight excluding hydrogens is 109 g/mol. The van der Waals surface area contributed by atoms with Crippen molar-refractivity contribution in [1.82, 2.24) is 5.23 Å². The van der Waals surface area contributed by atoms with E-state index in [0.717, 1.165) is 6.85 Å². The van der Waals surface area contributed by atoms with Gasteiger partial charge < -0.3 is 5.23 Å². The summed E-state index contributed by atoms with van der Waals surface area (Å²) in [4.78, 5) is 0. The molecule has 1 fully saturated rings. The molecule has 0 aromatic carbocycles. The largest absolute Gasteiger partial charge is 0.356 e. The number of nitrogens with one attached hydrogen (secondary N) is 1. The third-order valence-electron chi connectivity index (χ3n) is 2.07. The van der Waals surface area contributed by atoms with Crippen LogP contribution in [0, 0.1) is 0 Å². The van der Waals surface area contributed by atoms with Gasteiger partial charge in [-0.05, 0) is 13.0 Å². The highest BCUT2D eigenvalue weighted by atomic mass is 14.8. The van der Waals surface area contributed by atoms with Gasteiger partial charge >= 0.3 is 0 Å². The molecule has 1 N–H and O–H groups in total. The smallest absolute Gasteiger partial charge is 0.220 e. The Bertz CT molecular complexity index is 69.3. The molecule has 0 radical (unpaired) electrons. The Morgan fingerprint density at radius 3 is 3.00 bits per heavy atom. The van der Waals surface area contributed by atoms with E-state index < -0.39 is 0 Å². The van der Waals surface area contributed by atoms with Gasteiger partial charge in [0.1, 0.15) is 0 Å². The summed E-state index contributed by atoms with van der Waals surface area (Å²) in [7, 11) is 0. The molecule has 1 aliphatic heterocycles. The van der Waals surface area contributed by atoms with Crippen LogP contribution in [0.15, 0.2) is 0 Å². The molecule has 0 amide bonds. The van der Waals surface area contributed by atoms with E-state index in [2.05, 4.69) is 12.2 Å². The molecule has 0 aliphatic carbocycles. The molecule has 0 atom stereocenters. The van der Waals surface area contributed by atoms with E-state index >= 15 is 0 Å². The summed E-state index contributed by atoms with van der Waals surface area (Å²) in [5, 5.41) is 3.49. The van der Waals surface area contributed by atoms with Crippen LogP contribution in [0.3, 0.4) is 0 Å². The molecule has 0 spiro atoms. The molecule has 0 aromatic rings. The van der Waals surface area contributed by atoms with E-state index in [1.165, 1.54) is 38.4 Å². The molecule has 9 heavy (non-hydrogen) atoms. The zero-order valence-electron chi connectivity index (χ0n) is 6.32. The molecule has 1 nitrogen and oxygen atoms in total. The van der Waals surface area contributed by atoms with Gasteiger partial charge in [0.25, 0.3) is 0 Å². The summed E-state index contributed by atoms with van der Waals surface area (Å²) >= 11 is 0. The van der Waals surface area contributed by atoms with Crippen LogP contribution in [0.4, 0.5) is 0 Å². The highest BCUT2D eigenvalue weighted by molar-refractivity contribution is 6.56. The van der Waals surface area contributed by atoms with E-state index in [0.29, 0.717) is 0 Å². The van der Waals surface area contributed by atoms with Gasteiger partial charge in [-0.15, -0.1) is 0 Å². The lowest BCUT2D eigenvalue weighted by Gasteiger charge is -2.02. The summed E-state index contributed by atoms with van der Waals surface area (Å²) < 4.78 is 0. The van der Waals surface area contributed by atoms with E-state index in [4.69, 9.17) is 0 Å². The lowest BCUT2D eigenvalue weighted by Crippen LogP contribution is -2.25. The normalized spacial score (nSPS) is 19.0. The predicted molar refractivity (Wildman–Crippen MR) is 42.9 cm³/mol. The number of hydrogen-bond donors (Lipinski definition) is 1. The van der Waals surface area contributed by atoms with E-state index in [-0.39, 0.29) is 0 Å². The van der Waals surface area contributed by atoms with Gasteiger partial charge in [0.15, 0.2) is 0 Å². The van der Waals surface area contributed by atoms with Gasteiger partial charge in [0, 0.05) is 0 Å². The third kappa shape index (κ3) is 2.40. The van der Waals surface area contributed by atoms with Crippen molar-refractivity contribution in [2.75, 3.05) is 6.54 Å². The Morgan fingerprint density at radius 1 is 1.56 bits per heavy atom. The Labute approximate surface area is 58.3 Å². The van der Waals surface area contributed by atoms with Crippen LogP contribution < -0.4 is 5.23 Å². The summed E-state index contributed by atoms with van der Waals surface area (Å²) in [5.74, 6) is 0. The van der Waals surface area contributed by atoms with Gasteiger partial charge in [-0.25, -0.2) is 0 Å². The Kier molecular flexibility index (Phi) is 3.12. The fourth-order valence-corrected chi connectivity index (χ4v) is 1.45. The Balaban J connectivity index is 1.98. The van der Waals surface area contributed by atoms with Gasteiger partial charge in [-0.1, -0.05) is 32.4 Å². The second kappa shape index (κ2) is 3.94. The average molecular weight is 125 g/mol. The van der Waals surface area contributed by atoms with E-state index in [1.54, 1.807) is 0 Å². The summed E-state index contributed by atoms with van der Waals surface area (Å²) in [6.45, 7) is 4.38. The first kappa shape index (κ1) is 7.14. The van der Waals surface area contributed by atoms with Crippen molar-refractivity contribution in [3.8, 4) is 0 Å². The molecular formula is C7H16BN. The van der Waals surface area contributed by atoms with Crippen molar-refractivity contribution < 1.29 is 0 Å². The first-order chi connectivity index (χ1) is 4.43. The molecule has 1 rings (SSSR count). The van der Waals surface area contributed by atoms with Gasteiger partial charge in [0.2, 0.25) is 6.85 Å². The molecule has 1 aliphatic rings. The van der Waals surface area contributed by atoms with Crippen molar-refractivity contribution in [2.24, 2.45) is 0 Å². The van der Waals surface area contributed by atoms with Gasteiger partial charge in [0.05, 0.1) is 0 Å². The highest BCUT2D eigenvalue weighted by Gasteiger charge is 2.16. The first-order valence-corrected chi connectivity index (χ1v) is 4.17. The molecule has 2 heteroatoms. The molecule has 0 unspecified atom stereocenters. The predicted octanol–water partition coefficient (Wildman–Crippen LogP) is 1.77. The number of unbranched alkanes of at least 4 members (excludes halogenated alkanes) is 1. The van der Waals surface area contributed by atoms with Crippen molar-refractivity contribution in [3.63, 3.8) is 0 Å². The zero-order chi connectivity index (χ0) is 6.53. The number of hydrogen-bond acceptors (Lipinski definition) is 1. The monoisotopic (exact) mass is 125 g/mol. The maximum absolute atomic E-state index is 3.49. The van der Waals surface area contributed by atoms with Crippen molar-refractivity contribution in [3.05, 3.63) is 0 Å². The lowest BCUT2D eigenvalue weighted by molar-refractivity contribution is 0.864. The lowest BCUT2D eigenvalue weighted by atomic mass is 9.57. The fraction of sp³-hybridized carbons (Fsp3) is 1.00. The first-order valence-electron chi connectivity index (χ1n) is 4.17. The van der Waals surface area contributed by atoms with Crippen LogP contribution in [-0.4, -0.2) is 13.4 Å². The maximum atomic E-state index is 3.49. The fourth-order valence-electron chi connectivity index (χ4n) is 1.45. The topological polar surface area (TPSA) is 12.0 Å². The average Bonchev–Trinajstić information content (AvgIpc) is 2.34. The SMILES string of the molecule is CCCCB1CCCN1. The summed E-state index contributed by atoms with van der Waals surface area (Å²) in [6, 6.07) is 0. The van der Waals surface area contributed by atoms with Crippen molar-refractivity contribution in [2.45, 2.75) is 38.8 Å². The minimum atomic E-state index is 0.866. The van der Waals surface area contributed by atoms with E-state index in [1.807, 2.05) is 0 Å². The maximum Gasteiger partial charge on any atom is 0.220 e. The van der Waals surface area contributed by atoms with E-state index in [9.17, 15) is 0 Å². The van der Waals surface area contributed by atoms with Crippen LogP contribution in [0.5, 0.6) is 0 Å². The Morgan fingerprint density at radius 2 is 2.44 bits per heavy atom. The molecule has 1 heterocycles. The molecule has 52 valence electrons. The van der Waals surface area contributed by atoms with Crippen LogP contribution in [0.2, 0.25) is 12.6 Å². The van der Waals surface area contributed by atoms with Gasteiger partial charge in [-0.2, -0.15) is 0 Å². The standard InChI is InChI=1S/C7H16BN/c1-2-3-5-8-6-4-7-9-8/h9H,2-7H2,1H3. The van der Waals surface area contributed by atoms with Crippen molar-refractivity contribution in [1.29, 1.82) is 0 Å². The molecule has 0 aromatic heterocycles. The Hall–Kier alpha value is 0.0249. The van der Waals surface area contributed by atoms with Crippen molar-refractivity contribution >= 4 is 6.85 Å². The van der Waals surface area contributed by atoms with Gasteiger partial charge in [-0.3, -0.25) is 0 Å². The van der Waals surface area contributed by atoms with Crippen LogP contribution in [-0.2, 0) is 0 Å². The second-order valence-corrected chi connectivity index (χ2v) is 2.94. The molecule has 0 bridgehead atoms.